The lowest BCUT2D eigenvalue weighted by atomic mass is 10.1. The Hall–Kier alpha value is -1.85. The third-order valence-corrected chi connectivity index (χ3v) is 4.64. The van der Waals surface area contributed by atoms with Crippen molar-refractivity contribution in [3.63, 3.8) is 0 Å². The number of fused-ring (bicyclic) bond motifs is 1. The molecule has 1 aliphatic heterocycles. The molecule has 5 heteroatoms. The van der Waals surface area contributed by atoms with Crippen LogP contribution in [0.2, 0.25) is 0 Å². The number of ether oxygens (including phenoxy) is 1. The molecule has 1 aliphatic rings. The van der Waals surface area contributed by atoms with Gasteiger partial charge in [-0.25, -0.2) is 0 Å². The van der Waals surface area contributed by atoms with Crippen molar-refractivity contribution >= 4 is 21.8 Å². The number of rotatable bonds is 3. The summed E-state index contributed by atoms with van der Waals surface area (Å²) in [5.74, 6) is 0.409. The SMILES string of the molecule is COc1cc(CO)c(Br)cc1C(=O)N1Cc2ccccc2C1. The maximum Gasteiger partial charge on any atom is 0.258 e. The average molecular weight is 362 g/mol. The Labute approximate surface area is 137 Å². The van der Waals surface area contributed by atoms with Gasteiger partial charge in [0.25, 0.3) is 5.91 Å². The fourth-order valence-electron chi connectivity index (χ4n) is 2.70. The molecule has 1 amide bonds. The summed E-state index contributed by atoms with van der Waals surface area (Å²) < 4.78 is 6.03. The monoisotopic (exact) mass is 361 g/mol. The first-order valence-corrected chi connectivity index (χ1v) is 7.76. The second kappa shape index (κ2) is 6.10. The number of hydrogen-bond acceptors (Lipinski definition) is 3. The van der Waals surface area contributed by atoms with E-state index in [2.05, 4.69) is 15.9 Å². The van der Waals surface area contributed by atoms with Crippen molar-refractivity contribution in [2.75, 3.05) is 7.11 Å². The van der Waals surface area contributed by atoms with Gasteiger partial charge in [0.05, 0.1) is 19.3 Å². The number of nitrogens with zero attached hydrogens (tertiary/aromatic N) is 1. The zero-order valence-corrected chi connectivity index (χ0v) is 13.8. The highest BCUT2D eigenvalue weighted by atomic mass is 79.9. The van der Waals surface area contributed by atoms with Crippen LogP contribution in [0.3, 0.4) is 0 Å². The van der Waals surface area contributed by atoms with Crippen molar-refractivity contribution in [1.29, 1.82) is 0 Å². The highest BCUT2D eigenvalue weighted by molar-refractivity contribution is 9.10. The number of aliphatic hydroxyl groups excluding tert-OH is 1. The molecule has 0 aliphatic carbocycles. The van der Waals surface area contributed by atoms with Crippen LogP contribution in [0.5, 0.6) is 5.75 Å². The minimum atomic E-state index is -0.111. The van der Waals surface area contributed by atoms with Crippen molar-refractivity contribution in [3.05, 3.63) is 63.1 Å². The van der Waals surface area contributed by atoms with E-state index in [1.165, 1.54) is 18.2 Å². The molecular formula is C17H16BrNO3. The molecule has 1 N–H and O–H groups in total. The van der Waals surface area contributed by atoms with Crippen LogP contribution >= 0.6 is 15.9 Å². The molecule has 0 saturated heterocycles. The predicted molar refractivity (Wildman–Crippen MR) is 86.6 cm³/mol. The first-order chi connectivity index (χ1) is 10.6. The molecule has 0 saturated carbocycles. The van der Waals surface area contributed by atoms with Crippen LogP contribution in [0, 0.1) is 0 Å². The molecule has 3 rings (SSSR count). The van der Waals surface area contributed by atoms with Crippen LogP contribution in [0.1, 0.15) is 27.0 Å². The Morgan fingerprint density at radius 3 is 2.45 bits per heavy atom. The zero-order valence-electron chi connectivity index (χ0n) is 12.2. The minimum Gasteiger partial charge on any atom is -0.496 e. The smallest absolute Gasteiger partial charge is 0.258 e. The summed E-state index contributed by atoms with van der Waals surface area (Å²) >= 11 is 3.39. The zero-order chi connectivity index (χ0) is 15.7. The van der Waals surface area contributed by atoms with Gasteiger partial charge < -0.3 is 14.7 Å². The Kier molecular flexibility index (Phi) is 4.18. The molecule has 0 spiro atoms. The van der Waals surface area contributed by atoms with Gasteiger partial charge in [-0.3, -0.25) is 4.79 Å². The molecule has 114 valence electrons. The number of benzene rings is 2. The maximum atomic E-state index is 12.8. The molecule has 4 nitrogen and oxygen atoms in total. The third-order valence-electron chi connectivity index (χ3n) is 3.90. The quantitative estimate of drug-likeness (QED) is 0.913. The van der Waals surface area contributed by atoms with Crippen LogP contribution < -0.4 is 4.74 Å². The highest BCUT2D eigenvalue weighted by Gasteiger charge is 2.26. The second-order valence-electron chi connectivity index (χ2n) is 5.23. The number of methoxy groups -OCH3 is 1. The van der Waals surface area contributed by atoms with E-state index in [1.807, 2.05) is 24.3 Å². The van der Waals surface area contributed by atoms with Crippen LogP contribution in [-0.4, -0.2) is 23.0 Å². The van der Waals surface area contributed by atoms with Crippen molar-refractivity contribution in [2.24, 2.45) is 0 Å². The van der Waals surface area contributed by atoms with Crippen molar-refractivity contribution < 1.29 is 14.6 Å². The molecule has 0 fully saturated rings. The summed E-state index contributed by atoms with van der Waals surface area (Å²) in [6.07, 6.45) is 0. The Bertz CT molecular complexity index is 705. The first-order valence-electron chi connectivity index (χ1n) is 6.97. The van der Waals surface area contributed by atoms with E-state index >= 15 is 0 Å². The lowest BCUT2D eigenvalue weighted by Crippen LogP contribution is -2.25. The largest absolute Gasteiger partial charge is 0.496 e. The molecule has 0 radical (unpaired) electrons. The number of carbonyl (C=O) groups is 1. The Balaban J connectivity index is 1.92. The summed E-state index contributed by atoms with van der Waals surface area (Å²) in [4.78, 5) is 14.6. The lowest BCUT2D eigenvalue weighted by molar-refractivity contribution is 0.0747. The molecular weight excluding hydrogens is 346 g/mol. The average Bonchev–Trinajstić information content (AvgIpc) is 2.98. The summed E-state index contributed by atoms with van der Waals surface area (Å²) in [5, 5.41) is 9.32. The van der Waals surface area contributed by atoms with Gasteiger partial charge in [0, 0.05) is 17.6 Å². The van der Waals surface area contributed by atoms with Crippen molar-refractivity contribution in [2.45, 2.75) is 19.7 Å². The first kappa shape index (κ1) is 15.1. The van der Waals surface area contributed by atoms with Crippen molar-refractivity contribution in [1.82, 2.24) is 4.90 Å². The maximum absolute atomic E-state index is 12.8. The van der Waals surface area contributed by atoms with E-state index in [9.17, 15) is 9.90 Å². The highest BCUT2D eigenvalue weighted by Crippen LogP contribution is 2.31. The summed E-state index contributed by atoms with van der Waals surface area (Å²) in [5.41, 5.74) is 3.55. The van der Waals surface area contributed by atoms with Gasteiger partial charge in [0.2, 0.25) is 0 Å². The minimum absolute atomic E-state index is 0.0711. The number of hydrogen-bond donors (Lipinski definition) is 1. The van der Waals surface area contributed by atoms with Gasteiger partial charge in [-0.05, 0) is 28.8 Å². The van der Waals surface area contributed by atoms with E-state index in [0.717, 1.165) is 0 Å². The molecule has 0 unspecified atom stereocenters. The topological polar surface area (TPSA) is 49.8 Å². The molecule has 2 aromatic carbocycles. The molecule has 0 bridgehead atoms. The number of amides is 1. The summed E-state index contributed by atoms with van der Waals surface area (Å²) in [6, 6.07) is 11.5. The van der Waals surface area contributed by atoms with E-state index in [-0.39, 0.29) is 12.5 Å². The van der Waals surface area contributed by atoms with E-state index in [1.54, 1.807) is 17.0 Å². The number of aliphatic hydroxyl groups is 1. The van der Waals surface area contributed by atoms with Gasteiger partial charge in [0.15, 0.2) is 0 Å². The van der Waals surface area contributed by atoms with Crippen LogP contribution in [0.25, 0.3) is 0 Å². The second-order valence-corrected chi connectivity index (χ2v) is 6.09. The van der Waals surface area contributed by atoms with Gasteiger partial charge >= 0.3 is 0 Å². The van der Waals surface area contributed by atoms with Crippen LogP contribution in [-0.2, 0) is 19.7 Å². The summed E-state index contributed by atoms with van der Waals surface area (Å²) in [6.45, 7) is 1.11. The standard InChI is InChI=1S/C17H16BrNO3/c1-22-16-6-13(10-20)15(18)7-14(16)17(21)19-8-11-4-2-3-5-12(11)9-19/h2-7,20H,8-10H2,1H3. The molecule has 0 atom stereocenters. The van der Waals surface area contributed by atoms with Crippen LogP contribution in [0.4, 0.5) is 0 Å². The van der Waals surface area contributed by atoms with Gasteiger partial charge in [0.1, 0.15) is 5.75 Å². The number of carbonyl (C=O) groups excluding carboxylic acids is 1. The molecule has 2 aromatic rings. The van der Waals surface area contributed by atoms with E-state index in [4.69, 9.17) is 4.74 Å². The predicted octanol–water partition coefficient (Wildman–Crippen LogP) is 3.11. The van der Waals surface area contributed by atoms with E-state index in [0.29, 0.717) is 34.4 Å². The molecule has 1 heterocycles. The Morgan fingerprint density at radius 1 is 1.27 bits per heavy atom. The molecule has 22 heavy (non-hydrogen) atoms. The summed E-state index contributed by atoms with van der Waals surface area (Å²) in [7, 11) is 1.53. The van der Waals surface area contributed by atoms with Crippen molar-refractivity contribution in [3.8, 4) is 5.75 Å². The van der Waals surface area contributed by atoms with Gasteiger partial charge in [-0.2, -0.15) is 0 Å². The fraction of sp³-hybridized carbons (Fsp3) is 0.235. The van der Waals surface area contributed by atoms with Crippen LogP contribution in [0.15, 0.2) is 40.9 Å². The normalized spacial score (nSPS) is 13.1. The lowest BCUT2D eigenvalue weighted by Gasteiger charge is -2.18. The number of halogens is 1. The fourth-order valence-corrected chi connectivity index (χ4v) is 3.17. The van der Waals surface area contributed by atoms with Gasteiger partial charge in [-0.1, -0.05) is 40.2 Å². The van der Waals surface area contributed by atoms with E-state index < -0.39 is 0 Å². The van der Waals surface area contributed by atoms with Gasteiger partial charge in [-0.15, -0.1) is 0 Å². The Morgan fingerprint density at radius 2 is 1.91 bits per heavy atom. The molecule has 0 aromatic heterocycles. The third kappa shape index (κ3) is 2.62.